The molecule has 2 aromatic rings. The fourth-order valence-corrected chi connectivity index (χ4v) is 2.52. The number of benzene rings is 2. The third-order valence-corrected chi connectivity index (χ3v) is 4.27. The maximum atomic E-state index is 12.2. The molecule has 6 heteroatoms. The fourth-order valence-electron chi connectivity index (χ4n) is 2.52. The summed E-state index contributed by atoms with van der Waals surface area (Å²) < 4.78 is 5.19. The van der Waals surface area contributed by atoms with Crippen LogP contribution in [0.4, 0.5) is 5.69 Å². The number of hydrogen-bond acceptors (Lipinski definition) is 4. The SMILES string of the molecule is CCc1ccc(NC(=O)C(C)OC(=O)[C@H](C)NC(=O)c2cccc(C)c2)cc1. The van der Waals surface area contributed by atoms with Gasteiger partial charge in [-0.2, -0.15) is 0 Å². The molecule has 0 bridgehead atoms. The number of carbonyl (C=O) groups is 3. The van der Waals surface area contributed by atoms with Gasteiger partial charge in [-0.3, -0.25) is 9.59 Å². The van der Waals surface area contributed by atoms with Crippen LogP contribution in [0.1, 0.15) is 42.3 Å². The summed E-state index contributed by atoms with van der Waals surface area (Å²) in [5.41, 5.74) is 3.20. The molecule has 0 saturated heterocycles. The molecule has 2 aromatic carbocycles. The molecule has 0 spiro atoms. The zero-order valence-corrected chi connectivity index (χ0v) is 16.6. The maximum absolute atomic E-state index is 12.2. The van der Waals surface area contributed by atoms with Crippen molar-refractivity contribution in [2.24, 2.45) is 0 Å². The molecule has 6 nitrogen and oxygen atoms in total. The normalized spacial score (nSPS) is 12.6. The van der Waals surface area contributed by atoms with Crippen molar-refractivity contribution in [2.75, 3.05) is 5.32 Å². The summed E-state index contributed by atoms with van der Waals surface area (Å²) in [5, 5.41) is 5.29. The third kappa shape index (κ3) is 5.94. The molecule has 0 radical (unpaired) electrons. The molecule has 28 heavy (non-hydrogen) atoms. The van der Waals surface area contributed by atoms with Gasteiger partial charge in [0.05, 0.1) is 0 Å². The number of hydrogen-bond donors (Lipinski definition) is 2. The summed E-state index contributed by atoms with van der Waals surface area (Å²) in [7, 11) is 0. The highest BCUT2D eigenvalue weighted by atomic mass is 16.5. The molecule has 2 amide bonds. The lowest BCUT2D eigenvalue weighted by Crippen LogP contribution is -2.42. The van der Waals surface area contributed by atoms with E-state index < -0.39 is 24.0 Å². The van der Waals surface area contributed by atoms with Crippen molar-refractivity contribution in [2.45, 2.75) is 46.3 Å². The molecule has 0 saturated carbocycles. The number of amides is 2. The quantitative estimate of drug-likeness (QED) is 0.720. The van der Waals surface area contributed by atoms with Crippen molar-refractivity contribution in [3.8, 4) is 0 Å². The van der Waals surface area contributed by atoms with Gasteiger partial charge in [-0.1, -0.05) is 36.8 Å². The highest BCUT2D eigenvalue weighted by Crippen LogP contribution is 2.11. The van der Waals surface area contributed by atoms with Crippen molar-refractivity contribution in [3.05, 3.63) is 65.2 Å². The first-order chi connectivity index (χ1) is 13.3. The third-order valence-electron chi connectivity index (χ3n) is 4.27. The summed E-state index contributed by atoms with van der Waals surface area (Å²) in [6.45, 7) is 6.94. The number of carbonyl (C=O) groups excluding carboxylic acids is 3. The molecular formula is C22H26N2O4. The summed E-state index contributed by atoms with van der Waals surface area (Å²) >= 11 is 0. The topological polar surface area (TPSA) is 84.5 Å². The van der Waals surface area contributed by atoms with Gasteiger partial charge in [0.25, 0.3) is 11.8 Å². The second-order valence-electron chi connectivity index (χ2n) is 6.68. The lowest BCUT2D eigenvalue weighted by atomic mass is 10.1. The van der Waals surface area contributed by atoms with E-state index in [4.69, 9.17) is 4.74 Å². The number of rotatable bonds is 7. The van der Waals surface area contributed by atoms with E-state index in [1.165, 1.54) is 13.8 Å². The van der Waals surface area contributed by atoms with Crippen LogP contribution in [0.3, 0.4) is 0 Å². The Labute approximate surface area is 165 Å². The van der Waals surface area contributed by atoms with Crippen LogP contribution >= 0.6 is 0 Å². The Bertz CT molecular complexity index is 846. The minimum atomic E-state index is -0.989. The van der Waals surface area contributed by atoms with E-state index in [1.807, 2.05) is 32.0 Å². The summed E-state index contributed by atoms with van der Waals surface area (Å²) in [4.78, 5) is 36.7. The zero-order chi connectivity index (χ0) is 20.7. The van der Waals surface area contributed by atoms with Gasteiger partial charge in [-0.15, -0.1) is 0 Å². The lowest BCUT2D eigenvalue weighted by molar-refractivity contribution is -0.154. The van der Waals surface area contributed by atoms with Gasteiger partial charge in [-0.25, -0.2) is 4.79 Å². The first-order valence-corrected chi connectivity index (χ1v) is 9.28. The Balaban J connectivity index is 1.87. The zero-order valence-electron chi connectivity index (χ0n) is 16.6. The largest absolute Gasteiger partial charge is 0.451 e. The first kappa shape index (κ1) is 21.2. The van der Waals surface area contributed by atoms with Crippen molar-refractivity contribution < 1.29 is 19.1 Å². The van der Waals surface area contributed by atoms with E-state index in [-0.39, 0.29) is 5.91 Å². The van der Waals surface area contributed by atoms with Gasteiger partial charge in [-0.05, 0) is 57.0 Å². The van der Waals surface area contributed by atoms with Crippen LogP contribution in [0.25, 0.3) is 0 Å². The molecule has 2 N–H and O–H groups in total. The van der Waals surface area contributed by atoms with Gasteiger partial charge < -0.3 is 15.4 Å². The average molecular weight is 382 g/mol. The van der Waals surface area contributed by atoms with Crippen LogP contribution in [0, 0.1) is 6.92 Å². The Morgan fingerprint density at radius 1 is 1.04 bits per heavy atom. The Morgan fingerprint density at radius 2 is 1.71 bits per heavy atom. The van der Waals surface area contributed by atoms with Gasteiger partial charge in [0.15, 0.2) is 6.10 Å². The second kappa shape index (κ2) is 9.69. The van der Waals surface area contributed by atoms with E-state index in [0.717, 1.165) is 17.5 Å². The van der Waals surface area contributed by atoms with E-state index >= 15 is 0 Å². The number of esters is 1. The predicted molar refractivity (Wildman–Crippen MR) is 108 cm³/mol. The number of ether oxygens (including phenoxy) is 1. The summed E-state index contributed by atoms with van der Waals surface area (Å²) in [5.74, 6) is -1.49. The highest BCUT2D eigenvalue weighted by molar-refractivity contribution is 5.98. The van der Waals surface area contributed by atoms with Crippen LogP contribution in [-0.2, 0) is 20.7 Å². The summed E-state index contributed by atoms with van der Waals surface area (Å²) in [6.07, 6.45) is -0.0781. The molecule has 0 heterocycles. The fraction of sp³-hybridized carbons (Fsp3) is 0.318. The van der Waals surface area contributed by atoms with Crippen LogP contribution < -0.4 is 10.6 Å². The molecule has 2 rings (SSSR count). The molecule has 148 valence electrons. The van der Waals surface area contributed by atoms with Crippen molar-refractivity contribution in [1.82, 2.24) is 5.32 Å². The van der Waals surface area contributed by atoms with Crippen LogP contribution in [0.5, 0.6) is 0 Å². The molecule has 0 aliphatic rings. The predicted octanol–water partition coefficient (Wildman–Crippen LogP) is 3.25. The molecule has 0 aliphatic carbocycles. The molecule has 0 aliphatic heterocycles. The molecule has 1 unspecified atom stereocenters. The molecule has 2 atom stereocenters. The van der Waals surface area contributed by atoms with Crippen molar-refractivity contribution in [1.29, 1.82) is 0 Å². The van der Waals surface area contributed by atoms with E-state index in [0.29, 0.717) is 11.3 Å². The van der Waals surface area contributed by atoms with Crippen LogP contribution in [0.2, 0.25) is 0 Å². The van der Waals surface area contributed by atoms with Crippen molar-refractivity contribution >= 4 is 23.5 Å². The molecule has 0 aromatic heterocycles. The highest BCUT2D eigenvalue weighted by Gasteiger charge is 2.23. The van der Waals surface area contributed by atoms with Gasteiger partial charge in [0, 0.05) is 11.3 Å². The number of nitrogens with one attached hydrogen (secondary N) is 2. The minimum absolute atomic E-state index is 0.374. The Hall–Kier alpha value is -3.15. The first-order valence-electron chi connectivity index (χ1n) is 9.28. The molecular weight excluding hydrogens is 356 g/mol. The number of aryl methyl sites for hydroxylation is 2. The lowest BCUT2D eigenvalue weighted by Gasteiger charge is -2.18. The van der Waals surface area contributed by atoms with E-state index in [9.17, 15) is 14.4 Å². The Kier molecular flexibility index (Phi) is 7.32. The van der Waals surface area contributed by atoms with Crippen LogP contribution in [-0.4, -0.2) is 29.9 Å². The van der Waals surface area contributed by atoms with Gasteiger partial charge >= 0.3 is 5.97 Å². The van der Waals surface area contributed by atoms with E-state index in [2.05, 4.69) is 10.6 Å². The smallest absolute Gasteiger partial charge is 0.329 e. The Morgan fingerprint density at radius 3 is 2.32 bits per heavy atom. The standard InChI is InChI=1S/C22H26N2O4/c1-5-17-9-11-19(12-10-17)24-20(25)16(4)28-22(27)15(3)23-21(26)18-8-6-7-14(2)13-18/h6-13,15-16H,5H2,1-4H3,(H,23,26)(H,24,25)/t15-,16?/m0/s1. The summed E-state index contributed by atoms with van der Waals surface area (Å²) in [6, 6.07) is 13.6. The molecule has 0 fully saturated rings. The minimum Gasteiger partial charge on any atom is -0.451 e. The van der Waals surface area contributed by atoms with Gasteiger partial charge in [0.1, 0.15) is 6.04 Å². The van der Waals surface area contributed by atoms with Gasteiger partial charge in [0.2, 0.25) is 0 Å². The average Bonchev–Trinajstić information content (AvgIpc) is 2.68. The monoisotopic (exact) mass is 382 g/mol. The maximum Gasteiger partial charge on any atom is 0.329 e. The van der Waals surface area contributed by atoms with Crippen LogP contribution in [0.15, 0.2) is 48.5 Å². The number of anilines is 1. The van der Waals surface area contributed by atoms with Crippen molar-refractivity contribution in [3.63, 3.8) is 0 Å². The van der Waals surface area contributed by atoms with E-state index in [1.54, 1.807) is 30.3 Å². The second-order valence-corrected chi connectivity index (χ2v) is 6.68.